The second-order valence-electron chi connectivity index (χ2n) is 7.18. The minimum Gasteiger partial charge on any atom is -0.352 e. The number of fused-ring (bicyclic) bond motifs is 1. The molecule has 6 heteroatoms. The van der Waals surface area contributed by atoms with E-state index in [9.17, 15) is 9.59 Å². The van der Waals surface area contributed by atoms with Crippen LogP contribution in [-0.2, 0) is 11.3 Å². The number of aromatic amines is 1. The van der Waals surface area contributed by atoms with Crippen molar-refractivity contribution < 1.29 is 9.59 Å². The first-order valence-corrected chi connectivity index (χ1v) is 9.87. The SMILES string of the molecule is O=C(NCc1ccccc1)C1CCN(C(=O)c2cc3ccc(Cl)cc3[nH]2)CC1. The van der Waals surface area contributed by atoms with E-state index in [0.717, 1.165) is 16.5 Å². The van der Waals surface area contributed by atoms with Crippen molar-refractivity contribution in [2.45, 2.75) is 19.4 Å². The average Bonchev–Trinajstić information content (AvgIpc) is 3.15. The summed E-state index contributed by atoms with van der Waals surface area (Å²) >= 11 is 6.01. The van der Waals surface area contributed by atoms with Crippen molar-refractivity contribution in [2.24, 2.45) is 5.92 Å². The molecule has 4 rings (SSSR count). The van der Waals surface area contributed by atoms with Gasteiger partial charge in [-0.2, -0.15) is 0 Å². The van der Waals surface area contributed by atoms with Crippen LogP contribution >= 0.6 is 11.6 Å². The van der Waals surface area contributed by atoms with Crippen LogP contribution in [0, 0.1) is 5.92 Å². The number of likely N-dealkylation sites (tertiary alicyclic amines) is 1. The summed E-state index contributed by atoms with van der Waals surface area (Å²) in [6.45, 7) is 1.70. The molecule has 0 unspecified atom stereocenters. The maximum Gasteiger partial charge on any atom is 0.270 e. The largest absolute Gasteiger partial charge is 0.352 e. The Hall–Kier alpha value is -2.79. The van der Waals surface area contributed by atoms with Gasteiger partial charge in [-0.15, -0.1) is 0 Å². The number of hydrogen-bond acceptors (Lipinski definition) is 2. The number of carbonyl (C=O) groups excluding carboxylic acids is 2. The molecule has 144 valence electrons. The topological polar surface area (TPSA) is 65.2 Å². The standard InChI is InChI=1S/C22H22ClN3O2/c23-18-7-6-17-12-20(25-19(17)13-18)22(28)26-10-8-16(9-11-26)21(27)24-14-15-4-2-1-3-5-15/h1-7,12-13,16,25H,8-11,14H2,(H,24,27). The van der Waals surface area contributed by atoms with Gasteiger partial charge in [-0.3, -0.25) is 9.59 Å². The van der Waals surface area contributed by atoms with E-state index in [4.69, 9.17) is 11.6 Å². The Kier molecular flexibility index (Phi) is 5.35. The highest BCUT2D eigenvalue weighted by Gasteiger charge is 2.28. The maximum atomic E-state index is 12.8. The van der Waals surface area contributed by atoms with Gasteiger partial charge in [-0.05, 0) is 36.6 Å². The second kappa shape index (κ2) is 8.07. The van der Waals surface area contributed by atoms with Gasteiger partial charge in [0.05, 0.1) is 0 Å². The fourth-order valence-corrected chi connectivity index (χ4v) is 3.83. The molecule has 0 saturated carbocycles. The van der Waals surface area contributed by atoms with Crippen molar-refractivity contribution in [3.8, 4) is 0 Å². The Morgan fingerprint density at radius 1 is 1.07 bits per heavy atom. The summed E-state index contributed by atoms with van der Waals surface area (Å²) in [5.74, 6) is -0.0130. The molecule has 1 fully saturated rings. The molecule has 1 aliphatic heterocycles. The molecule has 1 aromatic heterocycles. The zero-order valence-electron chi connectivity index (χ0n) is 15.5. The predicted octanol–water partition coefficient (Wildman–Crippen LogP) is 3.99. The van der Waals surface area contributed by atoms with Gasteiger partial charge in [0.15, 0.2) is 0 Å². The van der Waals surface area contributed by atoms with Crippen LogP contribution in [0.15, 0.2) is 54.6 Å². The normalized spacial score (nSPS) is 15.0. The van der Waals surface area contributed by atoms with Crippen LogP contribution in [0.5, 0.6) is 0 Å². The lowest BCUT2D eigenvalue weighted by Gasteiger charge is -2.31. The quantitative estimate of drug-likeness (QED) is 0.701. The molecule has 28 heavy (non-hydrogen) atoms. The number of nitrogens with one attached hydrogen (secondary N) is 2. The van der Waals surface area contributed by atoms with Gasteiger partial charge in [-0.25, -0.2) is 0 Å². The molecule has 3 aromatic rings. The van der Waals surface area contributed by atoms with E-state index in [1.54, 1.807) is 0 Å². The van der Waals surface area contributed by atoms with Crippen molar-refractivity contribution >= 4 is 34.3 Å². The first kappa shape index (κ1) is 18.6. The molecule has 2 heterocycles. The Balaban J connectivity index is 1.32. The predicted molar refractivity (Wildman–Crippen MR) is 110 cm³/mol. The minimum atomic E-state index is -0.0470. The van der Waals surface area contributed by atoms with Crippen LogP contribution in [0.3, 0.4) is 0 Å². The van der Waals surface area contributed by atoms with Crippen molar-refractivity contribution in [1.82, 2.24) is 15.2 Å². The Morgan fingerprint density at radius 2 is 1.82 bits per heavy atom. The summed E-state index contributed by atoms with van der Waals surface area (Å²) in [5.41, 5.74) is 2.50. The van der Waals surface area contributed by atoms with Crippen molar-refractivity contribution in [2.75, 3.05) is 13.1 Å². The lowest BCUT2D eigenvalue weighted by atomic mass is 9.95. The molecular weight excluding hydrogens is 374 g/mol. The van der Waals surface area contributed by atoms with Gasteiger partial charge in [0.25, 0.3) is 5.91 Å². The fourth-order valence-electron chi connectivity index (χ4n) is 3.66. The molecule has 1 saturated heterocycles. The van der Waals surface area contributed by atoms with Gasteiger partial charge in [0, 0.05) is 41.5 Å². The number of piperidine rings is 1. The van der Waals surface area contributed by atoms with Crippen LogP contribution in [-0.4, -0.2) is 34.8 Å². The van der Waals surface area contributed by atoms with Crippen molar-refractivity contribution in [1.29, 1.82) is 0 Å². The molecule has 0 radical (unpaired) electrons. The third-order valence-electron chi connectivity index (χ3n) is 5.28. The summed E-state index contributed by atoms with van der Waals surface area (Å²) in [6, 6.07) is 17.3. The smallest absolute Gasteiger partial charge is 0.270 e. The van der Waals surface area contributed by atoms with Gasteiger partial charge in [0.1, 0.15) is 5.69 Å². The van der Waals surface area contributed by atoms with E-state index < -0.39 is 0 Å². The Morgan fingerprint density at radius 3 is 2.57 bits per heavy atom. The maximum absolute atomic E-state index is 12.8. The first-order chi connectivity index (χ1) is 13.6. The molecule has 2 amide bonds. The highest BCUT2D eigenvalue weighted by molar-refractivity contribution is 6.31. The van der Waals surface area contributed by atoms with Crippen molar-refractivity contribution in [3.63, 3.8) is 0 Å². The summed E-state index contributed by atoms with van der Waals surface area (Å²) in [5, 5.41) is 4.60. The number of halogens is 1. The number of H-pyrrole nitrogens is 1. The number of amides is 2. The zero-order valence-corrected chi connectivity index (χ0v) is 16.2. The molecule has 2 aromatic carbocycles. The molecule has 5 nitrogen and oxygen atoms in total. The van der Waals surface area contributed by atoms with E-state index in [-0.39, 0.29) is 17.7 Å². The van der Waals surface area contributed by atoms with E-state index in [1.807, 2.05) is 59.5 Å². The monoisotopic (exact) mass is 395 g/mol. The van der Waals surface area contributed by atoms with Gasteiger partial charge < -0.3 is 15.2 Å². The molecule has 0 atom stereocenters. The van der Waals surface area contributed by atoms with Crippen LogP contribution < -0.4 is 5.32 Å². The zero-order chi connectivity index (χ0) is 19.5. The second-order valence-corrected chi connectivity index (χ2v) is 7.62. The van der Waals surface area contributed by atoms with E-state index >= 15 is 0 Å². The summed E-state index contributed by atoms with van der Waals surface area (Å²) in [6.07, 6.45) is 1.36. The summed E-state index contributed by atoms with van der Waals surface area (Å²) < 4.78 is 0. The van der Waals surface area contributed by atoms with Crippen molar-refractivity contribution in [3.05, 3.63) is 70.9 Å². The number of hydrogen-bond donors (Lipinski definition) is 2. The fraction of sp³-hybridized carbons (Fsp3) is 0.273. The number of rotatable bonds is 4. The number of benzene rings is 2. The van der Waals surface area contributed by atoms with Crippen LogP contribution in [0.2, 0.25) is 5.02 Å². The Bertz CT molecular complexity index is 991. The van der Waals surface area contributed by atoms with Gasteiger partial charge >= 0.3 is 0 Å². The van der Waals surface area contributed by atoms with Crippen LogP contribution in [0.1, 0.15) is 28.9 Å². The summed E-state index contributed by atoms with van der Waals surface area (Å²) in [7, 11) is 0. The third kappa shape index (κ3) is 4.04. The average molecular weight is 396 g/mol. The van der Waals surface area contributed by atoms with E-state index in [1.165, 1.54) is 0 Å². The Labute approximate surface area is 168 Å². The molecule has 0 bridgehead atoms. The molecular formula is C22H22ClN3O2. The minimum absolute atomic E-state index is 0.0320. The highest BCUT2D eigenvalue weighted by atomic mass is 35.5. The van der Waals surface area contributed by atoms with Gasteiger partial charge in [0.2, 0.25) is 5.91 Å². The molecule has 2 N–H and O–H groups in total. The van der Waals surface area contributed by atoms with E-state index in [2.05, 4.69) is 10.3 Å². The number of aromatic nitrogens is 1. The molecule has 0 spiro atoms. The van der Waals surface area contributed by atoms with Gasteiger partial charge in [-0.1, -0.05) is 48.0 Å². The number of nitrogens with zero attached hydrogens (tertiary/aromatic N) is 1. The lowest BCUT2D eigenvalue weighted by Crippen LogP contribution is -2.43. The van der Waals surface area contributed by atoms with E-state index in [0.29, 0.717) is 43.2 Å². The first-order valence-electron chi connectivity index (χ1n) is 9.49. The van der Waals surface area contributed by atoms with Crippen LogP contribution in [0.25, 0.3) is 10.9 Å². The highest BCUT2D eigenvalue weighted by Crippen LogP contribution is 2.23. The third-order valence-corrected chi connectivity index (χ3v) is 5.51. The molecule has 1 aliphatic rings. The lowest BCUT2D eigenvalue weighted by molar-refractivity contribution is -0.126. The molecule has 0 aliphatic carbocycles. The number of carbonyl (C=O) groups is 2. The van der Waals surface area contributed by atoms with Crippen LogP contribution in [0.4, 0.5) is 0 Å². The summed E-state index contributed by atoms with van der Waals surface area (Å²) in [4.78, 5) is 30.2.